The van der Waals surface area contributed by atoms with Gasteiger partial charge in [0, 0.05) is 37.3 Å². The number of hydrogen-bond donors (Lipinski definition) is 1. The van der Waals surface area contributed by atoms with E-state index in [1.807, 2.05) is 48.3 Å². The highest BCUT2D eigenvalue weighted by atomic mass is 16.2. The van der Waals surface area contributed by atoms with E-state index in [1.54, 1.807) is 12.1 Å². The zero-order chi connectivity index (χ0) is 19.5. The van der Waals surface area contributed by atoms with Crippen LogP contribution in [0, 0.1) is 5.92 Å². The first-order valence-corrected chi connectivity index (χ1v) is 10.2. The summed E-state index contributed by atoms with van der Waals surface area (Å²) in [6, 6.07) is 15.3. The molecule has 1 saturated carbocycles. The Balaban J connectivity index is 1.46. The lowest BCUT2D eigenvalue weighted by molar-refractivity contribution is -0.120. The van der Waals surface area contributed by atoms with Crippen LogP contribution in [-0.4, -0.2) is 32.0 Å². The average molecular weight is 377 g/mol. The molecule has 0 radical (unpaired) electrons. The van der Waals surface area contributed by atoms with E-state index in [0.29, 0.717) is 12.1 Å². The van der Waals surface area contributed by atoms with Gasteiger partial charge >= 0.3 is 0 Å². The molecule has 4 rings (SSSR count). The fraction of sp³-hybridized carbons (Fsp3) is 0.391. The van der Waals surface area contributed by atoms with Gasteiger partial charge in [0.25, 0.3) is 5.91 Å². The van der Waals surface area contributed by atoms with Crippen LogP contribution in [0.2, 0.25) is 0 Å². The number of amides is 2. The number of likely N-dealkylation sites (N-methyl/N-ethyl adjacent to an activating group) is 1. The van der Waals surface area contributed by atoms with E-state index in [0.717, 1.165) is 49.3 Å². The van der Waals surface area contributed by atoms with E-state index >= 15 is 0 Å². The van der Waals surface area contributed by atoms with Crippen molar-refractivity contribution in [1.29, 1.82) is 0 Å². The van der Waals surface area contributed by atoms with Gasteiger partial charge in [-0.1, -0.05) is 31.4 Å². The minimum atomic E-state index is -0.00860. The Bertz CT molecular complexity index is 856. The molecule has 0 aromatic heterocycles. The molecule has 2 aliphatic rings. The fourth-order valence-corrected chi connectivity index (χ4v) is 4.18. The molecule has 0 atom stereocenters. The molecule has 2 amide bonds. The lowest BCUT2D eigenvalue weighted by Gasteiger charge is -2.35. The zero-order valence-corrected chi connectivity index (χ0v) is 16.4. The number of nitrogens with one attached hydrogen (secondary N) is 1. The van der Waals surface area contributed by atoms with Crippen LogP contribution in [0.15, 0.2) is 48.5 Å². The van der Waals surface area contributed by atoms with Gasteiger partial charge in [0.2, 0.25) is 5.91 Å². The molecule has 1 fully saturated rings. The number of para-hydroxylation sites is 2. The minimum absolute atomic E-state index is 0.00860. The molecule has 1 aliphatic heterocycles. The Labute approximate surface area is 166 Å². The van der Waals surface area contributed by atoms with Gasteiger partial charge in [-0.25, -0.2) is 0 Å². The summed E-state index contributed by atoms with van der Waals surface area (Å²) in [5, 5.41) is 3.01. The molecule has 1 N–H and O–H groups in total. The minimum Gasteiger partial charge on any atom is -0.371 e. The van der Waals surface area contributed by atoms with Gasteiger partial charge in [0.05, 0.1) is 11.4 Å². The highest BCUT2D eigenvalue weighted by Crippen LogP contribution is 2.33. The van der Waals surface area contributed by atoms with Crippen molar-refractivity contribution in [3.05, 3.63) is 54.1 Å². The number of hydrogen-bond acceptors (Lipinski definition) is 3. The summed E-state index contributed by atoms with van der Waals surface area (Å²) in [5.74, 6) is 0.217. The summed E-state index contributed by atoms with van der Waals surface area (Å²) in [7, 11) is 2.05. The lowest BCUT2D eigenvalue weighted by atomic mass is 9.88. The van der Waals surface area contributed by atoms with Crippen molar-refractivity contribution in [2.24, 2.45) is 5.92 Å². The maximum atomic E-state index is 13.1. The van der Waals surface area contributed by atoms with E-state index in [-0.39, 0.29) is 17.7 Å². The molecule has 0 saturated heterocycles. The van der Waals surface area contributed by atoms with Crippen LogP contribution >= 0.6 is 0 Å². The van der Waals surface area contributed by atoms with Gasteiger partial charge in [0.1, 0.15) is 0 Å². The van der Waals surface area contributed by atoms with Gasteiger partial charge < -0.3 is 15.1 Å². The van der Waals surface area contributed by atoms with E-state index in [2.05, 4.69) is 10.2 Å². The quantitative estimate of drug-likeness (QED) is 0.868. The van der Waals surface area contributed by atoms with Crippen molar-refractivity contribution >= 4 is 28.9 Å². The Morgan fingerprint density at radius 1 is 0.893 bits per heavy atom. The van der Waals surface area contributed by atoms with Crippen molar-refractivity contribution in [2.45, 2.75) is 32.1 Å². The van der Waals surface area contributed by atoms with Crippen molar-refractivity contribution in [3.8, 4) is 0 Å². The third kappa shape index (κ3) is 3.75. The van der Waals surface area contributed by atoms with Crippen molar-refractivity contribution in [2.75, 3.05) is 35.3 Å². The maximum absolute atomic E-state index is 13.1. The summed E-state index contributed by atoms with van der Waals surface area (Å²) in [4.78, 5) is 29.5. The summed E-state index contributed by atoms with van der Waals surface area (Å²) < 4.78 is 0. The van der Waals surface area contributed by atoms with Gasteiger partial charge in [-0.15, -0.1) is 0 Å². The third-order valence-electron chi connectivity index (χ3n) is 5.86. The fourth-order valence-electron chi connectivity index (χ4n) is 4.18. The monoisotopic (exact) mass is 377 g/mol. The first-order chi connectivity index (χ1) is 13.6. The van der Waals surface area contributed by atoms with Gasteiger partial charge in [0.15, 0.2) is 0 Å². The van der Waals surface area contributed by atoms with Gasteiger partial charge in [-0.2, -0.15) is 0 Å². The van der Waals surface area contributed by atoms with Crippen LogP contribution in [-0.2, 0) is 4.79 Å². The molecule has 1 heterocycles. The number of carbonyl (C=O) groups excluding carboxylic acids is 2. The molecular weight excluding hydrogens is 350 g/mol. The van der Waals surface area contributed by atoms with E-state index < -0.39 is 0 Å². The number of nitrogens with zero attached hydrogens (tertiary/aromatic N) is 2. The van der Waals surface area contributed by atoms with Crippen LogP contribution < -0.4 is 15.1 Å². The summed E-state index contributed by atoms with van der Waals surface area (Å²) >= 11 is 0. The largest absolute Gasteiger partial charge is 0.371 e. The molecule has 0 unspecified atom stereocenters. The number of fused-ring (bicyclic) bond motifs is 1. The average Bonchev–Trinajstić information content (AvgIpc) is 2.75. The first kappa shape index (κ1) is 18.5. The molecule has 0 spiro atoms. The molecule has 5 nitrogen and oxygen atoms in total. The molecular formula is C23H27N3O2. The molecule has 2 aromatic carbocycles. The normalized spacial score (nSPS) is 17.2. The van der Waals surface area contributed by atoms with Crippen LogP contribution in [0.4, 0.5) is 17.1 Å². The van der Waals surface area contributed by atoms with Crippen LogP contribution in [0.1, 0.15) is 42.5 Å². The highest BCUT2D eigenvalue weighted by Gasteiger charge is 2.26. The predicted octanol–water partition coefficient (Wildman–Crippen LogP) is 4.30. The number of anilines is 3. The molecule has 2 aromatic rings. The van der Waals surface area contributed by atoms with Gasteiger partial charge in [-0.3, -0.25) is 9.59 Å². The van der Waals surface area contributed by atoms with E-state index in [4.69, 9.17) is 0 Å². The molecule has 28 heavy (non-hydrogen) atoms. The van der Waals surface area contributed by atoms with Crippen molar-refractivity contribution in [3.63, 3.8) is 0 Å². The van der Waals surface area contributed by atoms with Crippen molar-refractivity contribution in [1.82, 2.24) is 0 Å². The van der Waals surface area contributed by atoms with Gasteiger partial charge in [-0.05, 0) is 49.2 Å². The second-order valence-corrected chi connectivity index (χ2v) is 7.77. The third-order valence-corrected chi connectivity index (χ3v) is 5.86. The lowest BCUT2D eigenvalue weighted by Crippen LogP contribution is -2.42. The summed E-state index contributed by atoms with van der Waals surface area (Å²) in [6.45, 7) is 1.46. The van der Waals surface area contributed by atoms with Crippen LogP contribution in [0.3, 0.4) is 0 Å². The second kappa shape index (κ2) is 8.05. The SMILES string of the molecule is CN1CCN(C(=O)c2ccc(NC(=O)C3CCCCC3)cc2)c2ccccc21. The van der Waals surface area contributed by atoms with Crippen LogP contribution in [0.5, 0.6) is 0 Å². The smallest absolute Gasteiger partial charge is 0.258 e. The first-order valence-electron chi connectivity index (χ1n) is 10.2. The number of carbonyl (C=O) groups is 2. The molecule has 0 bridgehead atoms. The number of rotatable bonds is 3. The molecule has 146 valence electrons. The summed E-state index contributed by atoms with van der Waals surface area (Å²) in [6.07, 6.45) is 5.46. The number of benzene rings is 2. The van der Waals surface area contributed by atoms with E-state index in [1.165, 1.54) is 6.42 Å². The second-order valence-electron chi connectivity index (χ2n) is 7.77. The predicted molar refractivity (Wildman–Crippen MR) is 113 cm³/mol. The Morgan fingerprint density at radius 2 is 1.57 bits per heavy atom. The standard InChI is InChI=1S/C23H27N3O2/c1-25-15-16-26(21-10-6-5-9-20(21)25)23(28)18-11-13-19(14-12-18)24-22(27)17-7-3-2-4-8-17/h5-6,9-14,17H,2-4,7-8,15-16H2,1H3,(H,24,27). The Hall–Kier alpha value is -2.82. The molecule has 1 aliphatic carbocycles. The maximum Gasteiger partial charge on any atom is 0.258 e. The zero-order valence-electron chi connectivity index (χ0n) is 16.4. The summed E-state index contributed by atoms with van der Waals surface area (Å²) in [5.41, 5.74) is 3.40. The van der Waals surface area contributed by atoms with Crippen LogP contribution in [0.25, 0.3) is 0 Å². The van der Waals surface area contributed by atoms with Crippen molar-refractivity contribution < 1.29 is 9.59 Å². The van der Waals surface area contributed by atoms with E-state index in [9.17, 15) is 9.59 Å². The Kier molecular flexibility index (Phi) is 5.33. The highest BCUT2D eigenvalue weighted by molar-refractivity contribution is 6.08. The molecule has 5 heteroatoms. The topological polar surface area (TPSA) is 52.6 Å². The Morgan fingerprint density at radius 3 is 2.29 bits per heavy atom.